The summed E-state index contributed by atoms with van der Waals surface area (Å²) < 4.78 is 0. The summed E-state index contributed by atoms with van der Waals surface area (Å²) in [5, 5.41) is 12.5. The van der Waals surface area contributed by atoms with Crippen molar-refractivity contribution in [2.75, 3.05) is 13.1 Å². The molecule has 7 nitrogen and oxygen atoms in total. The van der Waals surface area contributed by atoms with Crippen LogP contribution in [-0.4, -0.2) is 38.8 Å². The van der Waals surface area contributed by atoms with Gasteiger partial charge in [-0.05, 0) is 36.3 Å². The number of nitro groups is 1. The molecule has 0 radical (unpaired) electrons. The smallest absolute Gasteiger partial charge is 0.283 e. The molecular weight excluding hydrogens is 368 g/mol. The van der Waals surface area contributed by atoms with Crippen molar-refractivity contribution in [3.63, 3.8) is 0 Å². The minimum atomic E-state index is -0.580. The molecule has 0 aliphatic carbocycles. The van der Waals surface area contributed by atoms with Crippen molar-refractivity contribution in [1.29, 1.82) is 0 Å². The number of carbonyl (C=O) groups excluding carboxylic acids is 1. The summed E-state index contributed by atoms with van der Waals surface area (Å²) in [6.45, 7) is 0.873. The van der Waals surface area contributed by atoms with Crippen LogP contribution in [0.4, 0.5) is 5.69 Å². The lowest BCUT2D eigenvalue weighted by molar-refractivity contribution is -0.385. The molecule has 3 heterocycles. The van der Waals surface area contributed by atoms with Crippen LogP contribution < -0.4 is 0 Å². The van der Waals surface area contributed by atoms with Crippen LogP contribution in [0.1, 0.15) is 22.3 Å². The number of halogens is 1. The minimum Gasteiger partial charge on any atom is -0.346 e. The maximum absolute atomic E-state index is 12.8. The Balaban J connectivity index is 1.59. The Hall–Kier alpha value is -3.19. The fourth-order valence-electron chi connectivity index (χ4n) is 3.33. The van der Waals surface area contributed by atoms with Crippen molar-refractivity contribution in [3.8, 4) is 0 Å². The molecule has 8 heteroatoms. The lowest BCUT2D eigenvalue weighted by atomic mass is 9.99. The van der Waals surface area contributed by atoms with Gasteiger partial charge in [-0.25, -0.2) is 4.98 Å². The van der Waals surface area contributed by atoms with Gasteiger partial charge in [-0.15, -0.1) is 0 Å². The second-order valence-corrected chi connectivity index (χ2v) is 6.69. The first-order chi connectivity index (χ1) is 13.0. The predicted octanol–water partition coefficient (Wildman–Crippen LogP) is 4.05. The summed E-state index contributed by atoms with van der Waals surface area (Å²) in [7, 11) is 0. The van der Waals surface area contributed by atoms with E-state index in [9.17, 15) is 14.9 Å². The van der Waals surface area contributed by atoms with Crippen LogP contribution in [-0.2, 0) is 0 Å². The van der Waals surface area contributed by atoms with Gasteiger partial charge in [0.25, 0.3) is 11.6 Å². The lowest BCUT2D eigenvalue weighted by Crippen LogP contribution is -2.35. The Bertz CT molecular complexity index is 1090. The second kappa shape index (κ2) is 6.85. The van der Waals surface area contributed by atoms with E-state index in [1.165, 1.54) is 18.2 Å². The normalized spacial score (nSPS) is 14.3. The van der Waals surface area contributed by atoms with Gasteiger partial charge in [-0.3, -0.25) is 14.9 Å². The van der Waals surface area contributed by atoms with E-state index in [2.05, 4.69) is 9.97 Å². The second-order valence-electron chi connectivity index (χ2n) is 6.25. The highest BCUT2D eigenvalue weighted by Gasteiger charge is 2.26. The number of benzene rings is 1. The van der Waals surface area contributed by atoms with Crippen LogP contribution in [0.5, 0.6) is 0 Å². The number of amides is 1. The molecule has 1 N–H and O–H groups in total. The van der Waals surface area contributed by atoms with E-state index >= 15 is 0 Å². The number of pyridine rings is 1. The zero-order valence-electron chi connectivity index (χ0n) is 14.2. The third kappa shape index (κ3) is 3.17. The van der Waals surface area contributed by atoms with Crippen LogP contribution in [0.2, 0.25) is 5.02 Å². The molecule has 0 saturated heterocycles. The predicted molar refractivity (Wildman–Crippen MR) is 103 cm³/mol. The first-order valence-electron chi connectivity index (χ1n) is 8.39. The number of carbonyl (C=O) groups is 1. The molecule has 1 aromatic carbocycles. The summed E-state index contributed by atoms with van der Waals surface area (Å²) in [6.07, 6.45) is 6.30. The van der Waals surface area contributed by atoms with E-state index in [1.54, 1.807) is 11.1 Å². The summed E-state index contributed by atoms with van der Waals surface area (Å²) in [4.78, 5) is 32.5. The Morgan fingerprint density at radius 3 is 2.93 bits per heavy atom. The molecule has 0 spiro atoms. The minimum absolute atomic E-state index is 0.0533. The number of hydrogen-bond acceptors (Lipinski definition) is 4. The van der Waals surface area contributed by atoms with Crippen LogP contribution in [0, 0.1) is 10.1 Å². The van der Waals surface area contributed by atoms with Gasteiger partial charge in [0.1, 0.15) is 11.2 Å². The number of rotatable bonds is 3. The van der Waals surface area contributed by atoms with Gasteiger partial charge < -0.3 is 9.88 Å². The zero-order chi connectivity index (χ0) is 19.0. The van der Waals surface area contributed by atoms with Gasteiger partial charge in [-0.2, -0.15) is 0 Å². The summed E-state index contributed by atoms with van der Waals surface area (Å²) in [5.74, 6) is -0.366. The van der Waals surface area contributed by atoms with Crippen molar-refractivity contribution in [1.82, 2.24) is 14.9 Å². The SMILES string of the molecule is O=C(c1ccc(Cl)cc1[N+](=O)[O-])N1CC=C(c2c[nH]c3ncccc23)CC1. The summed E-state index contributed by atoms with van der Waals surface area (Å²) >= 11 is 5.83. The number of fused-ring (bicyclic) bond motifs is 1. The van der Waals surface area contributed by atoms with E-state index in [1.807, 2.05) is 24.4 Å². The molecule has 0 atom stereocenters. The van der Waals surface area contributed by atoms with Crippen molar-refractivity contribution in [2.45, 2.75) is 6.42 Å². The highest BCUT2D eigenvalue weighted by Crippen LogP contribution is 2.30. The number of aromatic amines is 1. The molecule has 1 aliphatic rings. The fourth-order valence-corrected chi connectivity index (χ4v) is 3.49. The molecule has 1 amide bonds. The van der Waals surface area contributed by atoms with E-state index < -0.39 is 4.92 Å². The highest BCUT2D eigenvalue weighted by atomic mass is 35.5. The van der Waals surface area contributed by atoms with Crippen molar-refractivity contribution < 1.29 is 9.72 Å². The molecule has 4 rings (SSSR count). The van der Waals surface area contributed by atoms with Gasteiger partial charge in [0, 0.05) is 47.5 Å². The number of hydrogen-bond donors (Lipinski definition) is 1. The Morgan fingerprint density at radius 1 is 1.33 bits per heavy atom. The highest BCUT2D eigenvalue weighted by molar-refractivity contribution is 6.31. The van der Waals surface area contributed by atoms with Crippen LogP contribution in [0.25, 0.3) is 16.6 Å². The van der Waals surface area contributed by atoms with E-state index in [-0.39, 0.29) is 22.2 Å². The van der Waals surface area contributed by atoms with Gasteiger partial charge in [0.15, 0.2) is 0 Å². The Labute approximate surface area is 159 Å². The number of nitrogens with zero attached hydrogens (tertiary/aromatic N) is 3. The molecule has 0 fully saturated rings. The third-order valence-electron chi connectivity index (χ3n) is 4.68. The van der Waals surface area contributed by atoms with Crippen LogP contribution in [0.15, 0.2) is 48.8 Å². The number of aromatic nitrogens is 2. The van der Waals surface area contributed by atoms with Crippen LogP contribution in [0.3, 0.4) is 0 Å². The topological polar surface area (TPSA) is 92.1 Å². The quantitative estimate of drug-likeness (QED) is 0.546. The molecule has 136 valence electrons. The van der Waals surface area contributed by atoms with Crippen LogP contribution >= 0.6 is 11.6 Å². The average Bonchev–Trinajstić information content (AvgIpc) is 3.11. The zero-order valence-corrected chi connectivity index (χ0v) is 14.9. The average molecular weight is 383 g/mol. The largest absolute Gasteiger partial charge is 0.346 e. The number of nitro benzene ring substituents is 1. The molecule has 27 heavy (non-hydrogen) atoms. The first-order valence-corrected chi connectivity index (χ1v) is 8.77. The molecule has 2 aromatic heterocycles. The molecule has 0 saturated carbocycles. The van der Waals surface area contributed by atoms with Crippen molar-refractivity contribution >= 4 is 39.8 Å². The van der Waals surface area contributed by atoms with Gasteiger partial charge >= 0.3 is 0 Å². The van der Waals surface area contributed by atoms with Gasteiger partial charge in [-0.1, -0.05) is 17.7 Å². The lowest BCUT2D eigenvalue weighted by Gasteiger charge is -2.26. The monoisotopic (exact) mass is 382 g/mol. The van der Waals surface area contributed by atoms with E-state index in [4.69, 9.17) is 11.6 Å². The standard InChI is InChI=1S/C19H15ClN4O3/c20-13-3-4-15(17(10-13)24(26)27)19(25)23-8-5-12(6-9-23)16-11-22-18-14(16)2-1-7-21-18/h1-5,7,10-11H,6,8-9H2,(H,21,22). The summed E-state index contributed by atoms with van der Waals surface area (Å²) in [6, 6.07) is 8.00. The molecule has 3 aromatic rings. The number of H-pyrrole nitrogens is 1. The molecule has 0 bridgehead atoms. The molecule has 1 aliphatic heterocycles. The molecular formula is C19H15ClN4O3. The fraction of sp³-hybridized carbons (Fsp3) is 0.158. The van der Waals surface area contributed by atoms with Gasteiger partial charge in [0.05, 0.1) is 4.92 Å². The van der Waals surface area contributed by atoms with Crippen molar-refractivity contribution in [2.24, 2.45) is 0 Å². The Morgan fingerprint density at radius 2 is 2.19 bits per heavy atom. The van der Waals surface area contributed by atoms with E-state index in [0.717, 1.165) is 22.2 Å². The van der Waals surface area contributed by atoms with Gasteiger partial charge in [0.2, 0.25) is 0 Å². The molecule has 0 unspecified atom stereocenters. The van der Waals surface area contributed by atoms with E-state index in [0.29, 0.717) is 19.5 Å². The Kier molecular flexibility index (Phi) is 4.37. The summed E-state index contributed by atoms with van der Waals surface area (Å²) in [5.41, 5.74) is 2.80. The maximum atomic E-state index is 12.8. The third-order valence-corrected chi connectivity index (χ3v) is 4.92. The number of nitrogens with one attached hydrogen (secondary N) is 1. The first kappa shape index (κ1) is 17.2. The maximum Gasteiger partial charge on any atom is 0.283 e. The van der Waals surface area contributed by atoms with Crippen molar-refractivity contribution in [3.05, 3.63) is 75.1 Å².